The maximum Gasteiger partial charge on any atom is 0.317 e. The quantitative estimate of drug-likeness (QED) is 0.479. The summed E-state index contributed by atoms with van der Waals surface area (Å²) in [6.07, 6.45) is -0.667. The molecule has 124 valence electrons. The summed E-state index contributed by atoms with van der Waals surface area (Å²) in [5, 5.41) is 9.75. The normalized spacial score (nSPS) is 12.1. The summed E-state index contributed by atoms with van der Waals surface area (Å²) >= 11 is 2.56. The smallest absolute Gasteiger partial charge is 0.317 e. The van der Waals surface area contributed by atoms with E-state index in [4.69, 9.17) is 9.15 Å². The minimum atomic E-state index is -0.667. The van der Waals surface area contributed by atoms with E-state index >= 15 is 0 Å². The van der Waals surface area contributed by atoms with Crippen LogP contribution in [0.3, 0.4) is 0 Å². The Morgan fingerprint density at radius 3 is 2.92 bits per heavy atom. The van der Waals surface area contributed by atoms with Gasteiger partial charge in [0.2, 0.25) is 0 Å². The molecule has 0 saturated carbocycles. The van der Waals surface area contributed by atoms with Crippen molar-refractivity contribution in [1.82, 2.24) is 10.2 Å². The fraction of sp³-hybridized carbons (Fsp3) is 0.188. The van der Waals surface area contributed by atoms with E-state index in [1.165, 1.54) is 17.4 Å². The van der Waals surface area contributed by atoms with Crippen LogP contribution in [0.25, 0.3) is 10.8 Å². The number of thioether (sulfide) groups is 1. The van der Waals surface area contributed by atoms with E-state index in [2.05, 4.69) is 10.2 Å². The van der Waals surface area contributed by atoms with Gasteiger partial charge in [-0.05, 0) is 30.5 Å². The number of nitrogens with zero attached hydrogens (tertiary/aromatic N) is 2. The summed E-state index contributed by atoms with van der Waals surface area (Å²) in [7, 11) is 0. The van der Waals surface area contributed by atoms with Crippen LogP contribution in [0, 0.1) is 5.82 Å². The molecule has 0 fully saturated rings. The van der Waals surface area contributed by atoms with Crippen molar-refractivity contribution in [1.29, 1.82) is 0 Å². The molecule has 1 atom stereocenters. The van der Waals surface area contributed by atoms with Crippen LogP contribution in [0.4, 0.5) is 4.39 Å². The molecule has 0 radical (unpaired) electrons. The molecular formula is C16H13FN2O3S2. The molecule has 0 N–H and O–H groups in total. The lowest BCUT2D eigenvalue weighted by molar-refractivity contribution is -0.146. The van der Waals surface area contributed by atoms with Crippen LogP contribution in [0.2, 0.25) is 0 Å². The number of carbonyl (C=O) groups is 1. The number of halogens is 1. The second-order valence-electron chi connectivity index (χ2n) is 4.77. The minimum absolute atomic E-state index is 0.00279. The number of esters is 1. The van der Waals surface area contributed by atoms with Crippen molar-refractivity contribution >= 4 is 29.1 Å². The maximum atomic E-state index is 13.5. The van der Waals surface area contributed by atoms with Crippen LogP contribution in [0.5, 0.6) is 0 Å². The van der Waals surface area contributed by atoms with Crippen molar-refractivity contribution in [2.75, 3.05) is 5.75 Å². The van der Waals surface area contributed by atoms with Gasteiger partial charge in [0.05, 0.1) is 10.6 Å². The van der Waals surface area contributed by atoms with Crippen LogP contribution >= 0.6 is 23.1 Å². The zero-order chi connectivity index (χ0) is 16.9. The molecule has 2 heterocycles. The summed E-state index contributed by atoms with van der Waals surface area (Å²) in [4.78, 5) is 13.1. The molecule has 0 spiro atoms. The monoisotopic (exact) mass is 364 g/mol. The summed E-state index contributed by atoms with van der Waals surface area (Å²) in [5.41, 5.74) is 0. The Balaban J connectivity index is 1.55. The summed E-state index contributed by atoms with van der Waals surface area (Å²) in [5.74, 6) is -0.226. The second-order valence-corrected chi connectivity index (χ2v) is 6.74. The SMILES string of the molecule is C[C@H](OC(=O)CSc1ccccc1F)c1nnc(-c2cccs2)o1. The van der Waals surface area contributed by atoms with Gasteiger partial charge >= 0.3 is 5.97 Å². The molecule has 8 heteroatoms. The lowest BCUT2D eigenvalue weighted by atomic mass is 10.3. The topological polar surface area (TPSA) is 65.2 Å². The molecule has 24 heavy (non-hydrogen) atoms. The van der Waals surface area contributed by atoms with E-state index < -0.39 is 12.1 Å². The van der Waals surface area contributed by atoms with Crippen LogP contribution < -0.4 is 0 Å². The molecule has 0 aliphatic heterocycles. The molecular weight excluding hydrogens is 351 g/mol. The van der Waals surface area contributed by atoms with Crippen molar-refractivity contribution in [3.8, 4) is 10.8 Å². The number of thiophene rings is 1. The van der Waals surface area contributed by atoms with E-state index in [1.807, 2.05) is 17.5 Å². The van der Waals surface area contributed by atoms with Gasteiger partial charge in [-0.2, -0.15) is 0 Å². The lowest BCUT2D eigenvalue weighted by Gasteiger charge is -2.09. The van der Waals surface area contributed by atoms with Crippen molar-refractivity contribution < 1.29 is 18.3 Å². The van der Waals surface area contributed by atoms with Gasteiger partial charge in [0.15, 0.2) is 6.10 Å². The van der Waals surface area contributed by atoms with Gasteiger partial charge in [0.1, 0.15) is 5.82 Å². The van der Waals surface area contributed by atoms with Gasteiger partial charge in [-0.25, -0.2) is 4.39 Å². The number of hydrogen-bond donors (Lipinski definition) is 0. The first-order valence-electron chi connectivity index (χ1n) is 7.07. The molecule has 3 rings (SSSR count). The summed E-state index contributed by atoms with van der Waals surface area (Å²) in [6.45, 7) is 1.65. The van der Waals surface area contributed by atoms with Gasteiger partial charge in [-0.1, -0.05) is 18.2 Å². The number of hydrogen-bond acceptors (Lipinski definition) is 7. The zero-order valence-electron chi connectivity index (χ0n) is 12.6. The maximum absolute atomic E-state index is 13.5. The van der Waals surface area contributed by atoms with E-state index in [9.17, 15) is 9.18 Å². The molecule has 5 nitrogen and oxygen atoms in total. The van der Waals surface area contributed by atoms with Crippen molar-refractivity contribution in [2.24, 2.45) is 0 Å². The average Bonchev–Trinajstić information content (AvgIpc) is 3.25. The van der Waals surface area contributed by atoms with Crippen molar-refractivity contribution in [3.63, 3.8) is 0 Å². The minimum Gasteiger partial charge on any atom is -0.452 e. The standard InChI is InChI=1S/C16H13FN2O3S2/c1-10(15-18-19-16(22-15)13-7-4-8-23-13)21-14(20)9-24-12-6-3-2-5-11(12)17/h2-8,10H,9H2,1H3/t10-/m0/s1. The van der Waals surface area contributed by atoms with E-state index in [1.54, 1.807) is 25.1 Å². The third-order valence-electron chi connectivity index (χ3n) is 3.01. The molecule has 0 amide bonds. The zero-order valence-corrected chi connectivity index (χ0v) is 14.3. The highest BCUT2D eigenvalue weighted by Gasteiger charge is 2.19. The molecule has 0 aliphatic rings. The fourth-order valence-corrected chi connectivity index (χ4v) is 3.25. The average molecular weight is 364 g/mol. The third-order valence-corrected chi connectivity index (χ3v) is 4.89. The Labute approximate surface area is 145 Å². The van der Waals surface area contributed by atoms with Crippen LogP contribution in [0.15, 0.2) is 51.1 Å². The third kappa shape index (κ3) is 4.01. The number of rotatable bonds is 6. The van der Waals surface area contributed by atoms with Crippen LogP contribution in [0.1, 0.15) is 18.9 Å². The Bertz CT molecular complexity index is 820. The number of ether oxygens (including phenoxy) is 1. The first kappa shape index (κ1) is 16.7. The highest BCUT2D eigenvalue weighted by atomic mass is 32.2. The summed E-state index contributed by atoms with van der Waals surface area (Å²) in [6, 6.07) is 10.0. The Hall–Kier alpha value is -2.19. The van der Waals surface area contributed by atoms with E-state index in [0.29, 0.717) is 10.8 Å². The Kier molecular flexibility index (Phi) is 5.27. The van der Waals surface area contributed by atoms with Gasteiger partial charge < -0.3 is 9.15 Å². The van der Waals surface area contributed by atoms with Gasteiger partial charge in [0.25, 0.3) is 11.8 Å². The largest absolute Gasteiger partial charge is 0.452 e. The van der Waals surface area contributed by atoms with Crippen LogP contribution in [-0.2, 0) is 9.53 Å². The van der Waals surface area contributed by atoms with Gasteiger partial charge in [-0.15, -0.1) is 33.3 Å². The Morgan fingerprint density at radius 1 is 1.33 bits per heavy atom. The number of benzene rings is 1. The second kappa shape index (κ2) is 7.59. The fourth-order valence-electron chi connectivity index (χ4n) is 1.88. The molecule has 0 aliphatic carbocycles. The highest BCUT2D eigenvalue weighted by molar-refractivity contribution is 8.00. The number of aromatic nitrogens is 2. The number of carbonyl (C=O) groups excluding carboxylic acids is 1. The molecule has 0 saturated heterocycles. The van der Waals surface area contributed by atoms with Crippen molar-refractivity contribution in [3.05, 3.63) is 53.5 Å². The van der Waals surface area contributed by atoms with Gasteiger partial charge in [-0.3, -0.25) is 4.79 Å². The molecule has 1 aromatic carbocycles. The molecule has 0 bridgehead atoms. The van der Waals surface area contributed by atoms with E-state index in [-0.39, 0.29) is 17.5 Å². The van der Waals surface area contributed by atoms with E-state index in [0.717, 1.165) is 16.6 Å². The van der Waals surface area contributed by atoms with Crippen molar-refractivity contribution in [2.45, 2.75) is 17.9 Å². The molecule has 3 aromatic rings. The first-order chi connectivity index (χ1) is 11.6. The predicted molar refractivity (Wildman–Crippen MR) is 89.2 cm³/mol. The van der Waals surface area contributed by atoms with Gasteiger partial charge in [0, 0.05) is 4.90 Å². The molecule has 0 unspecified atom stereocenters. The lowest BCUT2D eigenvalue weighted by Crippen LogP contribution is -2.11. The Morgan fingerprint density at radius 2 is 2.17 bits per heavy atom. The highest BCUT2D eigenvalue weighted by Crippen LogP contribution is 2.26. The summed E-state index contributed by atoms with van der Waals surface area (Å²) < 4.78 is 24.3. The predicted octanol–water partition coefficient (Wildman–Crippen LogP) is 4.33. The molecule has 2 aromatic heterocycles. The van der Waals surface area contributed by atoms with Crippen LogP contribution in [-0.4, -0.2) is 21.9 Å². The first-order valence-corrected chi connectivity index (χ1v) is 8.94.